The summed E-state index contributed by atoms with van der Waals surface area (Å²) in [4.78, 5) is 0. The van der Waals surface area contributed by atoms with Gasteiger partial charge in [-0.3, -0.25) is 0 Å². The minimum Gasteiger partial charge on any atom is -0.327 e. The Balaban J connectivity index is 1.53. The van der Waals surface area contributed by atoms with Gasteiger partial charge in [-0.2, -0.15) is 0 Å². The Hall–Kier alpha value is -0.560. The van der Waals surface area contributed by atoms with Crippen LogP contribution < -0.4 is 5.73 Å². The molecule has 0 aliphatic heterocycles. The highest BCUT2D eigenvalue weighted by Gasteiger charge is 2.58. The second kappa shape index (κ2) is 7.85. The molecule has 0 amide bonds. The molecule has 0 heterocycles. The molecule has 0 bridgehead atoms. The molecule has 3 fully saturated rings. The molecular weight excluding hydrogens is 350 g/mol. The summed E-state index contributed by atoms with van der Waals surface area (Å²) in [6.07, 6.45) is 18.7. The Kier molecular flexibility index (Phi) is 5.86. The standard InChI is InChI=1S/C28H47N/c1-18(2)19(3)7-8-20(4)24-11-12-25-23-10-9-21-17-22(29)13-15-27(21,5)26(23)14-16-28(24,25)6/h7-9,18-20,22-26H,10-17,29H2,1-6H3/b8-7+/t19?,20?,22-,23?,24+,25-,26-,27-,28+/m0/s1. The Labute approximate surface area is 181 Å². The Bertz CT molecular complexity index is 659. The van der Waals surface area contributed by atoms with Gasteiger partial charge in [-0.15, -0.1) is 0 Å². The van der Waals surface area contributed by atoms with Crippen LogP contribution in [0.5, 0.6) is 0 Å². The van der Waals surface area contributed by atoms with E-state index in [1.165, 1.54) is 51.4 Å². The maximum atomic E-state index is 6.35. The van der Waals surface area contributed by atoms with Crippen molar-refractivity contribution in [1.82, 2.24) is 0 Å². The molecule has 0 aromatic carbocycles. The first-order chi connectivity index (χ1) is 13.7. The van der Waals surface area contributed by atoms with Crippen LogP contribution in [0.3, 0.4) is 0 Å². The molecule has 0 saturated heterocycles. The van der Waals surface area contributed by atoms with Crippen LogP contribution in [0.2, 0.25) is 0 Å². The molecule has 4 aliphatic carbocycles. The number of nitrogens with two attached hydrogens (primary N) is 1. The molecule has 4 aliphatic rings. The molecule has 29 heavy (non-hydrogen) atoms. The molecule has 164 valence electrons. The van der Waals surface area contributed by atoms with E-state index in [4.69, 9.17) is 5.73 Å². The van der Waals surface area contributed by atoms with Gasteiger partial charge in [-0.05, 0) is 104 Å². The molecule has 0 spiro atoms. The highest BCUT2D eigenvalue weighted by molar-refractivity contribution is 5.26. The van der Waals surface area contributed by atoms with Gasteiger partial charge in [0.05, 0.1) is 0 Å². The molecule has 2 N–H and O–H groups in total. The predicted octanol–water partition coefficient (Wildman–Crippen LogP) is 7.38. The average Bonchev–Trinajstić information content (AvgIpc) is 3.03. The summed E-state index contributed by atoms with van der Waals surface area (Å²) in [6, 6.07) is 0.413. The highest BCUT2D eigenvalue weighted by Crippen LogP contribution is 2.67. The molecular formula is C28H47N. The third-order valence-corrected chi connectivity index (χ3v) is 10.6. The fraction of sp³-hybridized carbons (Fsp3) is 0.857. The van der Waals surface area contributed by atoms with Crippen molar-refractivity contribution in [3.05, 3.63) is 23.8 Å². The fourth-order valence-corrected chi connectivity index (χ4v) is 8.30. The number of fused-ring (bicyclic) bond motifs is 5. The van der Waals surface area contributed by atoms with E-state index >= 15 is 0 Å². The van der Waals surface area contributed by atoms with E-state index in [2.05, 4.69) is 59.8 Å². The molecule has 3 saturated carbocycles. The summed E-state index contributed by atoms with van der Waals surface area (Å²) >= 11 is 0. The van der Waals surface area contributed by atoms with E-state index in [1.807, 2.05) is 0 Å². The first-order valence-electron chi connectivity index (χ1n) is 12.8. The van der Waals surface area contributed by atoms with Crippen LogP contribution in [0.15, 0.2) is 23.8 Å². The van der Waals surface area contributed by atoms with Gasteiger partial charge in [-0.1, -0.05) is 65.3 Å². The second-order valence-electron chi connectivity index (χ2n) is 12.3. The van der Waals surface area contributed by atoms with E-state index < -0.39 is 0 Å². The highest BCUT2D eigenvalue weighted by atomic mass is 14.7. The van der Waals surface area contributed by atoms with Gasteiger partial charge >= 0.3 is 0 Å². The molecule has 0 aromatic heterocycles. The fourth-order valence-electron chi connectivity index (χ4n) is 8.30. The molecule has 3 unspecified atom stereocenters. The van der Waals surface area contributed by atoms with Crippen LogP contribution in [-0.2, 0) is 0 Å². The summed E-state index contributed by atoms with van der Waals surface area (Å²) in [5, 5.41) is 0. The zero-order valence-electron chi connectivity index (χ0n) is 20.1. The van der Waals surface area contributed by atoms with E-state index in [9.17, 15) is 0 Å². The van der Waals surface area contributed by atoms with Crippen LogP contribution in [0.1, 0.15) is 92.9 Å². The minimum absolute atomic E-state index is 0.413. The first kappa shape index (κ1) is 21.7. The van der Waals surface area contributed by atoms with Crippen molar-refractivity contribution in [3.8, 4) is 0 Å². The molecule has 1 nitrogen and oxygen atoms in total. The van der Waals surface area contributed by atoms with Gasteiger partial charge in [-0.25, -0.2) is 0 Å². The largest absolute Gasteiger partial charge is 0.327 e. The van der Waals surface area contributed by atoms with E-state index in [-0.39, 0.29) is 0 Å². The maximum absolute atomic E-state index is 6.35. The van der Waals surface area contributed by atoms with Crippen molar-refractivity contribution in [2.45, 2.75) is 99.0 Å². The lowest BCUT2D eigenvalue weighted by molar-refractivity contribution is -0.0471. The lowest BCUT2D eigenvalue weighted by atomic mass is 9.47. The van der Waals surface area contributed by atoms with Gasteiger partial charge in [0.25, 0.3) is 0 Å². The molecule has 0 radical (unpaired) electrons. The van der Waals surface area contributed by atoms with Gasteiger partial charge in [0.2, 0.25) is 0 Å². The summed E-state index contributed by atoms with van der Waals surface area (Å²) in [7, 11) is 0. The third-order valence-electron chi connectivity index (χ3n) is 10.6. The van der Waals surface area contributed by atoms with Crippen LogP contribution in [0.25, 0.3) is 0 Å². The first-order valence-corrected chi connectivity index (χ1v) is 12.8. The number of allylic oxidation sites excluding steroid dienone is 3. The van der Waals surface area contributed by atoms with Crippen molar-refractivity contribution in [2.24, 2.45) is 58.0 Å². The van der Waals surface area contributed by atoms with Gasteiger partial charge in [0.1, 0.15) is 0 Å². The monoisotopic (exact) mass is 397 g/mol. The lowest BCUT2D eigenvalue weighted by Crippen LogP contribution is -2.51. The van der Waals surface area contributed by atoms with E-state index in [0.29, 0.717) is 22.8 Å². The van der Waals surface area contributed by atoms with Crippen molar-refractivity contribution in [2.75, 3.05) is 0 Å². The van der Waals surface area contributed by atoms with Crippen molar-refractivity contribution >= 4 is 0 Å². The Morgan fingerprint density at radius 1 is 0.966 bits per heavy atom. The second-order valence-corrected chi connectivity index (χ2v) is 12.3. The van der Waals surface area contributed by atoms with Crippen LogP contribution in [0, 0.1) is 52.3 Å². The molecule has 1 heteroatoms. The summed E-state index contributed by atoms with van der Waals surface area (Å²) in [5.74, 6) is 5.81. The molecule has 4 rings (SSSR count). The topological polar surface area (TPSA) is 26.0 Å². The molecule has 9 atom stereocenters. The number of hydrogen-bond donors (Lipinski definition) is 1. The normalized spacial score (nSPS) is 46.8. The Morgan fingerprint density at radius 2 is 1.72 bits per heavy atom. The summed E-state index contributed by atoms with van der Waals surface area (Å²) in [6.45, 7) is 14.9. The summed E-state index contributed by atoms with van der Waals surface area (Å²) in [5.41, 5.74) is 9.09. The van der Waals surface area contributed by atoms with Crippen molar-refractivity contribution in [3.63, 3.8) is 0 Å². The van der Waals surface area contributed by atoms with Gasteiger partial charge in [0.15, 0.2) is 0 Å². The maximum Gasteiger partial charge on any atom is 0.00766 e. The smallest absolute Gasteiger partial charge is 0.00766 e. The predicted molar refractivity (Wildman–Crippen MR) is 125 cm³/mol. The number of hydrogen-bond acceptors (Lipinski definition) is 1. The average molecular weight is 398 g/mol. The summed E-state index contributed by atoms with van der Waals surface area (Å²) < 4.78 is 0. The van der Waals surface area contributed by atoms with Gasteiger partial charge in [0, 0.05) is 6.04 Å². The van der Waals surface area contributed by atoms with Crippen LogP contribution in [-0.4, -0.2) is 6.04 Å². The molecule has 0 aromatic rings. The third kappa shape index (κ3) is 3.58. The van der Waals surface area contributed by atoms with Crippen molar-refractivity contribution < 1.29 is 0 Å². The van der Waals surface area contributed by atoms with Crippen LogP contribution >= 0.6 is 0 Å². The minimum atomic E-state index is 0.413. The van der Waals surface area contributed by atoms with E-state index in [0.717, 1.165) is 35.5 Å². The lowest BCUT2D eigenvalue weighted by Gasteiger charge is -2.58. The quantitative estimate of drug-likeness (QED) is 0.492. The number of rotatable bonds is 4. The zero-order chi connectivity index (χ0) is 21.0. The van der Waals surface area contributed by atoms with E-state index in [1.54, 1.807) is 5.57 Å². The van der Waals surface area contributed by atoms with Gasteiger partial charge < -0.3 is 5.73 Å². The zero-order valence-corrected chi connectivity index (χ0v) is 20.1. The van der Waals surface area contributed by atoms with Crippen LogP contribution in [0.4, 0.5) is 0 Å². The Morgan fingerprint density at radius 3 is 2.45 bits per heavy atom. The van der Waals surface area contributed by atoms with Crippen molar-refractivity contribution in [1.29, 1.82) is 0 Å². The SMILES string of the molecule is CC(C)C(C)/C=C/C(C)[C@H]1CC[C@H]2C3CC=C4C[C@@H](N)CC[C@]4(C)[C@H]3CC[C@]12C.